The molecule has 1 saturated heterocycles. The van der Waals surface area contributed by atoms with Gasteiger partial charge in [0, 0.05) is 38.8 Å². The second-order valence-electron chi connectivity index (χ2n) is 4.86. The van der Waals surface area contributed by atoms with Gasteiger partial charge in [-0.2, -0.15) is 0 Å². The number of hydrogen-bond acceptors (Lipinski definition) is 5. The maximum Gasteiger partial charge on any atom is 0.312 e. The van der Waals surface area contributed by atoms with Crippen LogP contribution < -0.4 is 16.0 Å². The molecule has 1 unspecified atom stereocenters. The van der Waals surface area contributed by atoms with E-state index in [1.54, 1.807) is 0 Å². The van der Waals surface area contributed by atoms with Crippen LogP contribution in [0.5, 0.6) is 0 Å². The lowest BCUT2D eigenvalue weighted by Crippen LogP contribution is -2.53. The minimum atomic E-state index is -0.461. The summed E-state index contributed by atoms with van der Waals surface area (Å²) in [5.41, 5.74) is -0.461. The molecule has 0 aromatic heterocycles. The van der Waals surface area contributed by atoms with Crippen molar-refractivity contribution in [2.24, 2.45) is 5.41 Å². The van der Waals surface area contributed by atoms with Crippen LogP contribution in [0.3, 0.4) is 0 Å². The Morgan fingerprint density at radius 1 is 1.50 bits per heavy atom. The third-order valence-electron chi connectivity index (χ3n) is 2.82. The number of esters is 1. The van der Waals surface area contributed by atoms with Gasteiger partial charge in [0.2, 0.25) is 0 Å². The smallest absolute Gasteiger partial charge is 0.312 e. The molecule has 1 aliphatic heterocycles. The molecule has 16 heavy (non-hydrogen) atoms. The van der Waals surface area contributed by atoms with Crippen molar-refractivity contribution in [1.29, 1.82) is 0 Å². The van der Waals surface area contributed by atoms with Crippen molar-refractivity contribution in [3.63, 3.8) is 0 Å². The van der Waals surface area contributed by atoms with Gasteiger partial charge in [-0.1, -0.05) is 0 Å². The van der Waals surface area contributed by atoms with Gasteiger partial charge in [0.15, 0.2) is 0 Å². The molecule has 0 aromatic carbocycles. The molecule has 1 rings (SSSR count). The standard InChI is InChI=1S/C11H23N3O2/c1-11(2,10(15)16-3)8-13-7-9-6-12-4-5-14-9/h9,12-14H,4-8H2,1-3H3. The zero-order chi connectivity index (χ0) is 12.0. The van der Waals surface area contributed by atoms with Gasteiger partial charge >= 0.3 is 5.97 Å². The lowest BCUT2D eigenvalue weighted by atomic mass is 9.93. The van der Waals surface area contributed by atoms with Gasteiger partial charge in [0.05, 0.1) is 12.5 Å². The van der Waals surface area contributed by atoms with E-state index in [0.717, 1.165) is 26.2 Å². The summed E-state index contributed by atoms with van der Waals surface area (Å²) in [4.78, 5) is 11.4. The average molecular weight is 229 g/mol. The first-order valence-corrected chi connectivity index (χ1v) is 5.79. The van der Waals surface area contributed by atoms with Crippen molar-refractivity contribution in [2.75, 3.05) is 39.8 Å². The molecule has 5 nitrogen and oxygen atoms in total. The highest BCUT2D eigenvalue weighted by molar-refractivity contribution is 5.76. The summed E-state index contributed by atoms with van der Waals surface area (Å²) in [6, 6.07) is 0.446. The maximum absolute atomic E-state index is 11.4. The van der Waals surface area contributed by atoms with E-state index in [1.807, 2.05) is 13.8 Å². The van der Waals surface area contributed by atoms with Crippen LogP contribution in [-0.4, -0.2) is 51.8 Å². The highest BCUT2D eigenvalue weighted by atomic mass is 16.5. The van der Waals surface area contributed by atoms with Crippen LogP contribution in [0.2, 0.25) is 0 Å². The van der Waals surface area contributed by atoms with Crippen LogP contribution in [0, 0.1) is 5.41 Å². The second-order valence-corrected chi connectivity index (χ2v) is 4.86. The monoisotopic (exact) mass is 229 g/mol. The van der Waals surface area contributed by atoms with Crippen LogP contribution in [0.25, 0.3) is 0 Å². The predicted molar refractivity (Wildman–Crippen MR) is 63.3 cm³/mol. The number of carbonyl (C=O) groups is 1. The van der Waals surface area contributed by atoms with Gasteiger partial charge in [-0.3, -0.25) is 4.79 Å². The summed E-state index contributed by atoms with van der Waals surface area (Å²) in [5.74, 6) is -0.172. The van der Waals surface area contributed by atoms with Crippen LogP contribution in [0.4, 0.5) is 0 Å². The normalized spacial score (nSPS) is 21.8. The molecule has 0 bridgehead atoms. The molecule has 5 heteroatoms. The first kappa shape index (κ1) is 13.4. The van der Waals surface area contributed by atoms with E-state index in [0.29, 0.717) is 12.6 Å². The topological polar surface area (TPSA) is 62.4 Å². The first-order valence-electron chi connectivity index (χ1n) is 5.79. The predicted octanol–water partition coefficient (Wildman–Crippen LogP) is -0.663. The SMILES string of the molecule is COC(=O)C(C)(C)CNCC1CNCCN1. The molecular formula is C11H23N3O2. The van der Waals surface area contributed by atoms with E-state index in [1.165, 1.54) is 7.11 Å². The van der Waals surface area contributed by atoms with Crippen molar-refractivity contribution >= 4 is 5.97 Å². The van der Waals surface area contributed by atoms with E-state index >= 15 is 0 Å². The van der Waals surface area contributed by atoms with E-state index in [-0.39, 0.29) is 5.97 Å². The summed E-state index contributed by atoms with van der Waals surface area (Å²) >= 11 is 0. The lowest BCUT2D eigenvalue weighted by molar-refractivity contribution is -0.150. The molecule has 1 atom stereocenters. The maximum atomic E-state index is 11.4. The number of nitrogens with one attached hydrogen (secondary N) is 3. The minimum absolute atomic E-state index is 0.172. The van der Waals surface area contributed by atoms with Gasteiger partial charge in [-0.05, 0) is 13.8 Å². The largest absolute Gasteiger partial charge is 0.469 e. The van der Waals surface area contributed by atoms with Crippen molar-refractivity contribution in [1.82, 2.24) is 16.0 Å². The summed E-state index contributed by atoms with van der Waals surface area (Å²) < 4.78 is 4.75. The number of carbonyl (C=O) groups excluding carboxylic acids is 1. The fourth-order valence-corrected chi connectivity index (χ4v) is 1.76. The number of rotatable bonds is 5. The van der Waals surface area contributed by atoms with Gasteiger partial charge in [-0.25, -0.2) is 0 Å². The molecule has 1 fully saturated rings. The third-order valence-corrected chi connectivity index (χ3v) is 2.82. The summed E-state index contributed by atoms with van der Waals surface area (Å²) in [5, 5.41) is 10.0. The Hall–Kier alpha value is -0.650. The van der Waals surface area contributed by atoms with E-state index in [4.69, 9.17) is 4.74 Å². The molecule has 0 radical (unpaired) electrons. The van der Waals surface area contributed by atoms with Crippen LogP contribution >= 0.6 is 0 Å². The Morgan fingerprint density at radius 3 is 2.81 bits per heavy atom. The molecule has 0 spiro atoms. The first-order chi connectivity index (χ1) is 7.56. The van der Waals surface area contributed by atoms with Gasteiger partial charge in [0.25, 0.3) is 0 Å². The Balaban J connectivity index is 2.20. The third kappa shape index (κ3) is 4.08. The van der Waals surface area contributed by atoms with Gasteiger partial charge in [0.1, 0.15) is 0 Å². The second kappa shape index (κ2) is 6.18. The Morgan fingerprint density at radius 2 is 2.25 bits per heavy atom. The van der Waals surface area contributed by atoms with Crippen molar-refractivity contribution < 1.29 is 9.53 Å². The molecule has 0 aliphatic carbocycles. The van der Waals surface area contributed by atoms with Crippen LogP contribution in [-0.2, 0) is 9.53 Å². The molecular weight excluding hydrogens is 206 g/mol. The molecule has 0 saturated carbocycles. The Bertz CT molecular complexity index is 225. The van der Waals surface area contributed by atoms with Crippen LogP contribution in [0.15, 0.2) is 0 Å². The quantitative estimate of drug-likeness (QED) is 0.546. The van der Waals surface area contributed by atoms with Crippen molar-refractivity contribution in [3.8, 4) is 0 Å². The summed E-state index contributed by atoms with van der Waals surface area (Å²) in [6.45, 7) is 8.30. The van der Waals surface area contributed by atoms with Gasteiger partial charge in [-0.15, -0.1) is 0 Å². The highest BCUT2D eigenvalue weighted by Crippen LogP contribution is 2.15. The molecule has 1 heterocycles. The lowest BCUT2D eigenvalue weighted by Gasteiger charge is -2.27. The Labute approximate surface area is 97.3 Å². The fraction of sp³-hybridized carbons (Fsp3) is 0.909. The number of ether oxygens (including phenoxy) is 1. The molecule has 94 valence electrons. The van der Waals surface area contributed by atoms with Crippen LogP contribution in [0.1, 0.15) is 13.8 Å². The average Bonchev–Trinajstić information content (AvgIpc) is 2.29. The van der Waals surface area contributed by atoms with Crippen molar-refractivity contribution in [3.05, 3.63) is 0 Å². The number of methoxy groups -OCH3 is 1. The van der Waals surface area contributed by atoms with Gasteiger partial charge < -0.3 is 20.7 Å². The number of hydrogen-bond donors (Lipinski definition) is 3. The van der Waals surface area contributed by atoms with Crippen molar-refractivity contribution in [2.45, 2.75) is 19.9 Å². The Kier molecular flexibility index (Phi) is 5.18. The molecule has 3 N–H and O–H groups in total. The summed E-state index contributed by atoms with van der Waals surface area (Å²) in [6.07, 6.45) is 0. The zero-order valence-electron chi connectivity index (χ0n) is 10.4. The van der Waals surface area contributed by atoms with E-state index < -0.39 is 5.41 Å². The molecule has 1 aliphatic rings. The van der Waals surface area contributed by atoms with E-state index in [9.17, 15) is 4.79 Å². The summed E-state index contributed by atoms with van der Waals surface area (Å²) in [7, 11) is 1.43. The molecule has 0 amide bonds. The van der Waals surface area contributed by atoms with E-state index in [2.05, 4.69) is 16.0 Å². The highest BCUT2D eigenvalue weighted by Gasteiger charge is 2.28. The fourth-order valence-electron chi connectivity index (χ4n) is 1.76. The minimum Gasteiger partial charge on any atom is -0.469 e. The number of piperazine rings is 1. The zero-order valence-corrected chi connectivity index (χ0v) is 10.4. The molecule has 0 aromatic rings.